The summed E-state index contributed by atoms with van der Waals surface area (Å²) in [6, 6.07) is 10.1. The van der Waals surface area contributed by atoms with E-state index in [1.807, 2.05) is 24.3 Å². The van der Waals surface area contributed by atoms with Crippen LogP contribution in [0.5, 0.6) is 0 Å². The van der Waals surface area contributed by atoms with Crippen molar-refractivity contribution < 1.29 is 0 Å². The molecule has 6 heteroatoms. The van der Waals surface area contributed by atoms with Crippen LogP contribution in [0.2, 0.25) is 0 Å². The molecule has 3 N–H and O–H groups in total. The maximum atomic E-state index is 5.56. The van der Waals surface area contributed by atoms with Crippen molar-refractivity contribution in [2.45, 2.75) is 10.8 Å². The summed E-state index contributed by atoms with van der Waals surface area (Å²) in [7, 11) is 0. The number of pyridine rings is 1. The lowest BCUT2D eigenvalue weighted by molar-refractivity contribution is 1.05. The highest BCUT2D eigenvalue weighted by Gasteiger charge is 2.07. The molecule has 0 unspecified atom stereocenters. The minimum absolute atomic E-state index is 0.695. The molecule has 1 aromatic carbocycles. The summed E-state index contributed by atoms with van der Waals surface area (Å²) < 4.78 is 0. The van der Waals surface area contributed by atoms with Gasteiger partial charge in [-0.25, -0.2) is 15.8 Å². The van der Waals surface area contributed by atoms with Crippen LogP contribution in [0, 0.1) is 0 Å². The van der Waals surface area contributed by atoms with E-state index in [2.05, 4.69) is 26.4 Å². The Morgan fingerprint density at radius 2 is 2.10 bits per heavy atom. The number of nitrogen functional groups attached to an aromatic ring is 1. The number of nitrogens with one attached hydrogen (secondary N) is 1. The number of nitrogens with zero attached hydrogens (tertiary/aromatic N) is 3. The Morgan fingerprint density at radius 3 is 2.90 bits per heavy atom. The van der Waals surface area contributed by atoms with Crippen LogP contribution in [-0.4, -0.2) is 15.0 Å². The van der Waals surface area contributed by atoms with Crippen LogP contribution in [0.15, 0.2) is 53.9 Å². The van der Waals surface area contributed by atoms with Gasteiger partial charge >= 0.3 is 0 Å². The highest BCUT2D eigenvalue weighted by molar-refractivity contribution is 7.98. The Balaban J connectivity index is 1.90. The number of benzene rings is 1. The SMILES string of the molecule is NNc1nc2ccccc2cc1CSc1cnccn1. The van der Waals surface area contributed by atoms with Crippen LogP contribution in [0.1, 0.15) is 5.56 Å². The molecule has 2 aromatic heterocycles. The fraction of sp³-hybridized carbons (Fsp3) is 0.0714. The maximum Gasteiger partial charge on any atom is 0.144 e. The van der Waals surface area contributed by atoms with Crippen molar-refractivity contribution in [3.8, 4) is 0 Å². The molecule has 3 rings (SSSR count). The zero-order chi connectivity index (χ0) is 13.8. The Morgan fingerprint density at radius 1 is 1.20 bits per heavy atom. The zero-order valence-electron chi connectivity index (χ0n) is 10.7. The number of thioether (sulfide) groups is 1. The molecule has 20 heavy (non-hydrogen) atoms. The number of fused-ring (bicyclic) bond motifs is 1. The number of rotatable bonds is 4. The Hall–Kier alpha value is -2.18. The van der Waals surface area contributed by atoms with Crippen LogP contribution >= 0.6 is 11.8 Å². The summed E-state index contributed by atoms with van der Waals surface area (Å²) in [6.45, 7) is 0. The standard InChI is InChI=1S/C14H13N5S/c15-19-14-11(9-20-13-8-16-5-6-17-13)7-10-3-1-2-4-12(10)18-14/h1-8H,9,15H2,(H,18,19). The summed E-state index contributed by atoms with van der Waals surface area (Å²) >= 11 is 1.60. The lowest BCUT2D eigenvalue weighted by Crippen LogP contribution is -2.11. The molecule has 100 valence electrons. The first-order valence-corrected chi connectivity index (χ1v) is 7.09. The molecule has 5 nitrogen and oxygen atoms in total. The van der Waals surface area contributed by atoms with E-state index in [-0.39, 0.29) is 0 Å². The molecule has 2 heterocycles. The highest BCUT2D eigenvalue weighted by Crippen LogP contribution is 2.26. The molecule has 0 bridgehead atoms. The highest BCUT2D eigenvalue weighted by atomic mass is 32.2. The summed E-state index contributed by atoms with van der Waals surface area (Å²) in [5, 5.41) is 1.98. The van der Waals surface area contributed by atoms with Gasteiger partial charge in [-0.2, -0.15) is 0 Å². The van der Waals surface area contributed by atoms with Crippen molar-refractivity contribution in [1.29, 1.82) is 0 Å². The lowest BCUT2D eigenvalue weighted by Gasteiger charge is -2.09. The third-order valence-corrected chi connectivity index (χ3v) is 3.82. The molecule has 0 aliphatic carbocycles. The maximum absolute atomic E-state index is 5.56. The van der Waals surface area contributed by atoms with Crippen molar-refractivity contribution in [3.63, 3.8) is 0 Å². The molecule has 0 amide bonds. The summed E-state index contributed by atoms with van der Waals surface area (Å²) in [4.78, 5) is 12.8. The van der Waals surface area contributed by atoms with E-state index in [0.717, 1.165) is 27.2 Å². The van der Waals surface area contributed by atoms with Gasteiger partial charge in [0.15, 0.2) is 0 Å². The summed E-state index contributed by atoms with van der Waals surface area (Å²) in [5.41, 5.74) is 4.63. The first kappa shape index (κ1) is 12.8. The van der Waals surface area contributed by atoms with E-state index < -0.39 is 0 Å². The van der Waals surface area contributed by atoms with Crippen molar-refractivity contribution >= 4 is 28.5 Å². The van der Waals surface area contributed by atoms with E-state index in [1.165, 1.54) is 0 Å². The number of para-hydroxylation sites is 1. The largest absolute Gasteiger partial charge is 0.308 e. The fourth-order valence-electron chi connectivity index (χ4n) is 1.91. The van der Waals surface area contributed by atoms with Gasteiger partial charge in [0.25, 0.3) is 0 Å². The molecular formula is C14H13N5S. The van der Waals surface area contributed by atoms with Crippen LogP contribution in [0.3, 0.4) is 0 Å². The molecule has 0 saturated heterocycles. The number of aromatic nitrogens is 3. The third kappa shape index (κ3) is 2.71. The number of nitrogens with two attached hydrogens (primary N) is 1. The first-order valence-electron chi connectivity index (χ1n) is 6.11. The monoisotopic (exact) mass is 283 g/mol. The molecular weight excluding hydrogens is 270 g/mol. The minimum Gasteiger partial charge on any atom is -0.308 e. The van der Waals surface area contributed by atoms with Crippen molar-refractivity contribution in [2.75, 3.05) is 5.43 Å². The van der Waals surface area contributed by atoms with Crippen LogP contribution < -0.4 is 11.3 Å². The Bertz CT molecular complexity index is 717. The molecule has 0 atom stereocenters. The van der Waals surface area contributed by atoms with Crippen molar-refractivity contribution in [3.05, 3.63) is 54.5 Å². The minimum atomic E-state index is 0.695. The van der Waals surface area contributed by atoms with Gasteiger partial charge < -0.3 is 5.43 Å². The molecule has 0 saturated carbocycles. The van der Waals surface area contributed by atoms with Gasteiger partial charge in [-0.1, -0.05) is 30.0 Å². The first-order chi connectivity index (χ1) is 9.86. The molecule has 0 fully saturated rings. The molecule has 0 aliphatic heterocycles. The van der Waals surface area contributed by atoms with Gasteiger partial charge in [-0.15, -0.1) is 0 Å². The smallest absolute Gasteiger partial charge is 0.144 e. The molecule has 0 aliphatic rings. The van der Waals surface area contributed by atoms with Crippen molar-refractivity contribution in [2.24, 2.45) is 5.84 Å². The van der Waals surface area contributed by atoms with Gasteiger partial charge in [0.1, 0.15) is 10.8 Å². The van der Waals surface area contributed by atoms with E-state index >= 15 is 0 Å². The second kappa shape index (κ2) is 5.85. The van der Waals surface area contributed by atoms with E-state index in [9.17, 15) is 0 Å². The predicted octanol–water partition coefficient (Wildman–Crippen LogP) is 2.60. The van der Waals surface area contributed by atoms with Crippen molar-refractivity contribution in [1.82, 2.24) is 15.0 Å². The van der Waals surface area contributed by atoms with E-state index in [0.29, 0.717) is 5.82 Å². The van der Waals surface area contributed by atoms with Gasteiger partial charge in [-0.05, 0) is 12.1 Å². The molecule has 0 radical (unpaired) electrons. The average molecular weight is 283 g/mol. The van der Waals surface area contributed by atoms with E-state index in [1.54, 1.807) is 30.4 Å². The predicted molar refractivity (Wildman–Crippen MR) is 81.1 cm³/mol. The van der Waals surface area contributed by atoms with Gasteiger partial charge in [0.2, 0.25) is 0 Å². The number of hydrogen-bond donors (Lipinski definition) is 2. The third-order valence-electron chi connectivity index (χ3n) is 2.85. The second-order valence-corrected chi connectivity index (χ2v) is 5.16. The molecule has 3 aromatic rings. The van der Waals surface area contributed by atoms with Gasteiger partial charge in [0.05, 0.1) is 11.7 Å². The topological polar surface area (TPSA) is 76.7 Å². The quantitative estimate of drug-likeness (QED) is 0.435. The summed E-state index contributed by atoms with van der Waals surface area (Å²) in [6.07, 6.45) is 5.09. The van der Waals surface area contributed by atoms with Crippen LogP contribution in [0.4, 0.5) is 5.82 Å². The average Bonchev–Trinajstić information content (AvgIpc) is 2.53. The van der Waals surface area contributed by atoms with Crippen LogP contribution in [0.25, 0.3) is 10.9 Å². The lowest BCUT2D eigenvalue weighted by atomic mass is 10.1. The molecule has 0 spiro atoms. The van der Waals surface area contributed by atoms with Crippen LogP contribution in [-0.2, 0) is 5.75 Å². The number of hydrazine groups is 1. The number of anilines is 1. The van der Waals surface area contributed by atoms with Gasteiger partial charge in [-0.3, -0.25) is 4.98 Å². The zero-order valence-corrected chi connectivity index (χ0v) is 11.5. The Labute approximate surface area is 120 Å². The normalized spacial score (nSPS) is 10.7. The Kier molecular flexibility index (Phi) is 3.76. The second-order valence-electron chi connectivity index (χ2n) is 4.17. The fourth-order valence-corrected chi connectivity index (χ4v) is 2.70. The van der Waals surface area contributed by atoms with E-state index in [4.69, 9.17) is 5.84 Å². The number of hydrogen-bond acceptors (Lipinski definition) is 6. The summed E-state index contributed by atoms with van der Waals surface area (Å²) in [5.74, 6) is 6.99. The van der Waals surface area contributed by atoms with Gasteiger partial charge in [0, 0.05) is 29.1 Å².